The van der Waals surface area contributed by atoms with Crippen LogP contribution >= 0.6 is 22.9 Å². The van der Waals surface area contributed by atoms with Gasteiger partial charge in [-0.15, -0.1) is 0 Å². The molecule has 1 N–H and O–H groups in total. The van der Waals surface area contributed by atoms with Gasteiger partial charge >= 0.3 is 5.97 Å². The maximum Gasteiger partial charge on any atom is 0.335 e. The van der Waals surface area contributed by atoms with Gasteiger partial charge in [-0.2, -0.15) is 0 Å². The molecule has 2 aromatic carbocycles. The average Bonchev–Trinajstić information content (AvgIpc) is 3.56. The van der Waals surface area contributed by atoms with E-state index < -0.39 is 12.0 Å². The van der Waals surface area contributed by atoms with Crippen molar-refractivity contribution >= 4 is 40.9 Å². The number of hydrogen-bond donors (Lipinski definition) is 1. The molecular weight excluding hydrogens is 578 g/mol. The second kappa shape index (κ2) is 11.8. The van der Waals surface area contributed by atoms with E-state index >= 15 is 0 Å². The number of rotatable bonds is 8. The zero-order valence-corrected chi connectivity index (χ0v) is 25.0. The number of carbonyl (C=O) groups is 2. The van der Waals surface area contributed by atoms with Crippen molar-refractivity contribution < 1.29 is 23.8 Å². The Morgan fingerprint density at radius 1 is 1.17 bits per heavy atom. The zero-order chi connectivity index (χ0) is 30.1. The number of aromatic carboxylic acids is 1. The van der Waals surface area contributed by atoms with E-state index in [9.17, 15) is 19.5 Å². The third-order valence-electron chi connectivity index (χ3n) is 7.12. The molecule has 0 fully saturated rings. The Morgan fingerprint density at radius 3 is 2.60 bits per heavy atom. The molecule has 5 rings (SSSR count). The monoisotopic (exact) mass is 605 g/mol. The van der Waals surface area contributed by atoms with E-state index in [0.29, 0.717) is 67.1 Å². The lowest BCUT2D eigenvalue weighted by atomic mass is 9.94. The summed E-state index contributed by atoms with van der Waals surface area (Å²) in [5.74, 6) is 0.00271. The number of thiazole rings is 1. The summed E-state index contributed by atoms with van der Waals surface area (Å²) >= 11 is 7.51. The first kappa shape index (κ1) is 29.1. The number of fused-ring (bicyclic) bond motifs is 1. The molecule has 216 valence electrons. The highest BCUT2D eigenvalue weighted by atomic mass is 35.5. The Kier molecular flexibility index (Phi) is 8.20. The number of hydrogen-bond acceptors (Lipinski definition) is 7. The van der Waals surface area contributed by atoms with E-state index in [1.54, 1.807) is 43.2 Å². The van der Waals surface area contributed by atoms with Crippen LogP contribution in [0.5, 0.6) is 5.75 Å². The van der Waals surface area contributed by atoms with Gasteiger partial charge in [-0.3, -0.25) is 14.2 Å². The number of methoxy groups -OCH3 is 1. The van der Waals surface area contributed by atoms with Crippen molar-refractivity contribution in [3.63, 3.8) is 0 Å². The molecule has 2 aromatic heterocycles. The van der Waals surface area contributed by atoms with Crippen LogP contribution in [0.15, 0.2) is 80.1 Å². The standard InChI is InChI=1S/C31H28ClN3O6S/c1-5-34(6-2)29(37)26-17(3)33-31-35(27(26)20-9-7-8-10-23(20)40-4)28(36)25(42-31)16-19-12-14-24(41-19)21-15-18(30(38)39)11-13-22(21)32/h7-16,27H,5-6H2,1-4H3,(H,38,39)/b25-16+/t27-/m0/s1. The molecule has 0 radical (unpaired) electrons. The van der Waals surface area contributed by atoms with Crippen LogP contribution in [-0.4, -0.2) is 46.6 Å². The van der Waals surface area contributed by atoms with Crippen molar-refractivity contribution in [1.82, 2.24) is 9.47 Å². The number of furan rings is 1. The maximum absolute atomic E-state index is 14.0. The van der Waals surface area contributed by atoms with E-state index in [0.717, 1.165) is 0 Å². The van der Waals surface area contributed by atoms with Gasteiger partial charge in [0, 0.05) is 30.3 Å². The third kappa shape index (κ3) is 5.19. The predicted octanol–water partition coefficient (Wildman–Crippen LogP) is 4.72. The van der Waals surface area contributed by atoms with Crippen LogP contribution in [0.25, 0.3) is 17.4 Å². The third-order valence-corrected chi connectivity index (χ3v) is 8.43. The lowest BCUT2D eigenvalue weighted by molar-refractivity contribution is -0.127. The fourth-order valence-electron chi connectivity index (χ4n) is 5.01. The number of carbonyl (C=O) groups excluding carboxylic acids is 1. The summed E-state index contributed by atoms with van der Waals surface area (Å²) in [6.07, 6.45) is 1.60. The molecule has 0 saturated heterocycles. The number of allylic oxidation sites excluding steroid dienone is 1. The Hall–Kier alpha value is -4.41. The van der Waals surface area contributed by atoms with Crippen molar-refractivity contribution in [3.05, 3.63) is 107 Å². The fourth-order valence-corrected chi connectivity index (χ4v) is 6.25. The van der Waals surface area contributed by atoms with Gasteiger partial charge < -0.3 is 19.2 Å². The molecular formula is C31H28ClN3O6S. The molecule has 0 bridgehead atoms. The first-order chi connectivity index (χ1) is 20.2. The van der Waals surface area contributed by atoms with E-state index in [1.807, 2.05) is 32.0 Å². The van der Waals surface area contributed by atoms with Gasteiger partial charge in [-0.05, 0) is 57.2 Å². The fraction of sp³-hybridized carbons (Fsp3) is 0.226. The van der Waals surface area contributed by atoms with Crippen LogP contribution in [0.3, 0.4) is 0 Å². The van der Waals surface area contributed by atoms with Gasteiger partial charge in [0.15, 0.2) is 4.80 Å². The minimum absolute atomic E-state index is 0.0717. The Bertz CT molecular complexity index is 1910. The van der Waals surface area contributed by atoms with E-state index in [1.165, 1.54) is 34.1 Å². The predicted molar refractivity (Wildman–Crippen MR) is 161 cm³/mol. The van der Waals surface area contributed by atoms with Gasteiger partial charge in [0.1, 0.15) is 23.3 Å². The molecule has 0 unspecified atom stereocenters. The number of aromatic nitrogens is 1. The number of benzene rings is 2. The number of carboxylic acids is 1. The van der Waals surface area contributed by atoms with Gasteiger partial charge in [0.2, 0.25) is 0 Å². The first-order valence-corrected chi connectivity index (χ1v) is 14.5. The summed E-state index contributed by atoms with van der Waals surface area (Å²) in [5.41, 5.74) is 1.77. The number of amides is 1. The molecule has 1 aliphatic rings. The number of halogens is 1. The van der Waals surface area contributed by atoms with E-state index in [2.05, 4.69) is 0 Å². The number of ether oxygens (including phenoxy) is 1. The van der Waals surface area contributed by atoms with Crippen molar-refractivity contribution in [2.45, 2.75) is 26.8 Å². The van der Waals surface area contributed by atoms with Crippen LogP contribution in [0.1, 0.15) is 48.5 Å². The zero-order valence-electron chi connectivity index (χ0n) is 23.4. The largest absolute Gasteiger partial charge is 0.496 e. The lowest BCUT2D eigenvalue weighted by Crippen LogP contribution is -2.43. The Balaban J connectivity index is 1.66. The van der Waals surface area contributed by atoms with Crippen molar-refractivity contribution in [1.29, 1.82) is 0 Å². The molecule has 1 amide bonds. The molecule has 42 heavy (non-hydrogen) atoms. The molecule has 0 spiro atoms. The average molecular weight is 606 g/mol. The number of para-hydroxylation sites is 1. The van der Waals surface area contributed by atoms with Gasteiger partial charge in [0.25, 0.3) is 11.5 Å². The number of nitrogens with zero attached hydrogens (tertiary/aromatic N) is 3. The molecule has 4 aromatic rings. The van der Waals surface area contributed by atoms with E-state index in [4.69, 9.17) is 25.7 Å². The SMILES string of the molecule is CCN(CC)C(=O)C1=C(C)N=c2s/c(=C/c3ccc(-c4cc(C(=O)O)ccc4Cl)o3)c(=O)n2[C@H]1c1ccccc1OC. The lowest BCUT2D eigenvalue weighted by Gasteiger charge is -2.29. The minimum Gasteiger partial charge on any atom is -0.496 e. The second-order valence-corrected chi connectivity index (χ2v) is 10.9. The van der Waals surface area contributed by atoms with Crippen molar-refractivity contribution in [2.24, 2.45) is 4.99 Å². The summed E-state index contributed by atoms with van der Waals surface area (Å²) in [5, 5.41) is 9.70. The van der Waals surface area contributed by atoms with Crippen molar-refractivity contribution in [3.8, 4) is 17.1 Å². The molecule has 3 heterocycles. The normalized spacial score (nSPS) is 14.9. The van der Waals surface area contributed by atoms with Crippen LogP contribution in [0.4, 0.5) is 0 Å². The Labute approximate surface area is 250 Å². The maximum atomic E-state index is 14.0. The highest BCUT2D eigenvalue weighted by Crippen LogP contribution is 2.36. The molecule has 1 atom stereocenters. The summed E-state index contributed by atoms with van der Waals surface area (Å²) in [7, 11) is 1.55. The first-order valence-electron chi connectivity index (χ1n) is 13.3. The summed E-state index contributed by atoms with van der Waals surface area (Å²) in [4.78, 5) is 46.1. The quantitative estimate of drug-likeness (QED) is 0.311. The van der Waals surface area contributed by atoms with Crippen LogP contribution in [0.2, 0.25) is 5.02 Å². The topological polar surface area (TPSA) is 114 Å². The molecule has 1 aliphatic heterocycles. The van der Waals surface area contributed by atoms with Gasteiger partial charge in [-0.1, -0.05) is 41.1 Å². The van der Waals surface area contributed by atoms with Crippen molar-refractivity contribution in [2.75, 3.05) is 20.2 Å². The minimum atomic E-state index is -1.08. The second-order valence-electron chi connectivity index (χ2n) is 9.50. The smallest absolute Gasteiger partial charge is 0.335 e. The molecule has 0 aliphatic carbocycles. The number of carboxylic acid groups (broad SMARTS) is 1. The van der Waals surface area contributed by atoms with Gasteiger partial charge in [-0.25, -0.2) is 9.79 Å². The summed E-state index contributed by atoms with van der Waals surface area (Å²) in [6.45, 7) is 6.62. The summed E-state index contributed by atoms with van der Waals surface area (Å²) < 4.78 is 13.5. The van der Waals surface area contributed by atoms with Crippen LogP contribution in [-0.2, 0) is 4.79 Å². The van der Waals surface area contributed by atoms with E-state index in [-0.39, 0.29) is 17.0 Å². The Morgan fingerprint density at radius 2 is 1.90 bits per heavy atom. The molecule has 9 nitrogen and oxygen atoms in total. The molecule has 0 saturated carbocycles. The number of likely N-dealkylation sites (N-methyl/N-ethyl adjacent to an activating group) is 1. The summed E-state index contributed by atoms with van der Waals surface area (Å²) in [6, 6.07) is 14.3. The van der Waals surface area contributed by atoms with Gasteiger partial charge in [0.05, 0.1) is 33.5 Å². The highest BCUT2D eigenvalue weighted by Gasteiger charge is 2.35. The van der Waals surface area contributed by atoms with Crippen LogP contribution in [0, 0.1) is 0 Å². The van der Waals surface area contributed by atoms with Crippen LogP contribution < -0.4 is 19.6 Å². The highest BCUT2D eigenvalue weighted by molar-refractivity contribution is 7.07. The molecule has 11 heteroatoms.